The van der Waals surface area contributed by atoms with Crippen LogP contribution in [-0.2, 0) is 0 Å². The van der Waals surface area contributed by atoms with E-state index >= 15 is 0 Å². The van der Waals surface area contributed by atoms with Crippen LogP contribution < -0.4 is 15.2 Å². The van der Waals surface area contributed by atoms with Crippen molar-refractivity contribution < 1.29 is 9.47 Å². The molecular formula is C13H22N2O2. The second-order valence-corrected chi connectivity index (χ2v) is 4.61. The fraction of sp³-hybridized carbons (Fsp3) is 0.615. The molecule has 0 saturated carbocycles. The van der Waals surface area contributed by atoms with Crippen molar-refractivity contribution in [3.05, 3.63) is 12.1 Å². The lowest BCUT2D eigenvalue weighted by Gasteiger charge is -2.24. The van der Waals surface area contributed by atoms with Crippen LogP contribution in [0, 0.1) is 0 Å². The van der Waals surface area contributed by atoms with E-state index in [1.165, 1.54) is 0 Å². The van der Waals surface area contributed by atoms with Crippen molar-refractivity contribution in [3.8, 4) is 11.8 Å². The summed E-state index contributed by atoms with van der Waals surface area (Å²) in [6, 6.07) is 3.53. The number of aromatic nitrogens is 1. The molecule has 1 heterocycles. The average molecular weight is 238 g/mol. The number of pyridine rings is 1. The molecule has 4 nitrogen and oxygen atoms in total. The van der Waals surface area contributed by atoms with E-state index in [0.717, 1.165) is 12.8 Å². The molecule has 1 aromatic rings. The summed E-state index contributed by atoms with van der Waals surface area (Å²) in [4.78, 5) is 4.27. The number of hydrogen-bond acceptors (Lipinski definition) is 4. The summed E-state index contributed by atoms with van der Waals surface area (Å²) in [6.45, 7) is 8.77. The highest BCUT2D eigenvalue weighted by Gasteiger charge is 2.18. The minimum absolute atomic E-state index is 0.231. The quantitative estimate of drug-likeness (QED) is 0.827. The summed E-state index contributed by atoms with van der Waals surface area (Å²) in [7, 11) is 0. The lowest BCUT2D eigenvalue weighted by atomic mass is 10.1. The first-order valence-corrected chi connectivity index (χ1v) is 6.07. The van der Waals surface area contributed by atoms with Crippen molar-refractivity contribution >= 4 is 5.69 Å². The second-order valence-electron chi connectivity index (χ2n) is 4.61. The second kappa shape index (κ2) is 5.75. The number of rotatable bonds is 6. The van der Waals surface area contributed by atoms with Gasteiger partial charge in [0.1, 0.15) is 5.60 Å². The predicted octanol–water partition coefficient (Wildman–Crippen LogP) is 3.02. The third kappa shape index (κ3) is 4.13. The monoisotopic (exact) mass is 238 g/mol. The van der Waals surface area contributed by atoms with Gasteiger partial charge in [-0.05, 0) is 32.8 Å². The molecule has 0 amide bonds. The fourth-order valence-electron chi connectivity index (χ4n) is 1.16. The molecule has 0 aliphatic carbocycles. The van der Waals surface area contributed by atoms with Gasteiger partial charge in [-0.15, -0.1) is 0 Å². The van der Waals surface area contributed by atoms with E-state index in [9.17, 15) is 0 Å². The molecule has 0 aromatic carbocycles. The van der Waals surface area contributed by atoms with Crippen LogP contribution in [0.25, 0.3) is 0 Å². The van der Waals surface area contributed by atoms with E-state index in [0.29, 0.717) is 24.1 Å². The van der Waals surface area contributed by atoms with Crippen LogP contribution in [0.1, 0.15) is 40.5 Å². The normalized spacial score (nSPS) is 11.3. The Kier molecular flexibility index (Phi) is 4.61. The van der Waals surface area contributed by atoms with Gasteiger partial charge >= 0.3 is 0 Å². The SMILES string of the molecule is CCCOc1nc(OC(C)(C)CC)ccc1N. The van der Waals surface area contributed by atoms with Crippen molar-refractivity contribution in [2.75, 3.05) is 12.3 Å². The summed E-state index contributed by atoms with van der Waals surface area (Å²) < 4.78 is 11.2. The van der Waals surface area contributed by atoms with Gasteiger partial charge < -0.3 is 15.2 Å². The first-order chi connectivity index (χ1) is 7.98. The van der Waals surface area contributed by atoms with E-state index in [-0.39, 0.29) is 5.60 Å². The Hall–Kier alpha value is -1.45. The maximum absolute atomic E-state index is 5.78. The molecule has 0 atom stereocenters. The molecule has 1 rings (SSSR count). The highest BCUT2D eigenvalue weighted by Crippen LogP contribution is 2.25. The van der Waals surface area contributed by atoms with Gasteiger partial charge in [-0.1, -0.05) is 13.8 Å². The number of hydrogen-bond donors (Lipinski definition) is 1. The molecule has 2 N–H and O–H groups in total. The first-order valence-electron chi connectivity index (χ1n) is 6.07. The largest absolute Gasteiger partial charge is 0.476 e. The first kappa shape index (κ1) is 13.6. The van der Waals surface area contributed by atoms with Crippen LogP contribution in [0.15, 0.2) is 12.1 Å². The third-order valence-electron chi connectivity index (χ3n) is 2.54. The Labute approximate surface area is 103 Å². The van der Waals surface area contributed by atoms with E-state index in [4.69, 9.17) is 15.2 Å². The topological polar surface area (TPSA) is 57.4 Å². The van der Waals surface area contributed by atoms with Gasteiger partial charge in [-0.25, -0.2) is 0 Å². The van der Waals surface area contributed by atoms with Gasteiger partial charge in [0.2, 0.25) is 11.8 Å². The predicted molar refractivity (Wildman–Crippen MR) is 69.4 cm³/mol. The molecule has 0 aliphatic heterocycles. The lowest BCUT2D eigenvalue weighted by molar-refractivity contribution is 0.0978. The molecule has 0 aliphatic rings. The van der Waals surface area contributed by atoms with E-state index in [1.807, 2.05) is 20.8 Å². The molecule has 0 saturated heterocycles. The summed E-state index contributed by atoms with van der Waals surface area (Å²) in [5, 5.41) is 0. The minimum atomic E-state index is -0.231. The number of ether oxygens (including phenoxy) is 2. The molecule has 0 spiro atoms. The van der Waals surface area contributed by atoms with Crippen LogP contribution in [-0.4, -0.2) is 17.2 Å². The number of nitrogen functional groups attached to an aromatic ring is 1. The third-order valence-corrected chi connectivity index (χ3v) is 2.54. The van der Waals surface area contributed by atoms with Gasteiger partial charge in [-0.3, -0.25) is 0 Å². The minimum Gasteiger partial charge on any atom is -0.476 e. The van der Waals surface area contributed by atoms with Gasteiger partial charge in [0.25, 0.3) is 0 Å². The summed E-state index contributed by atoms with van der Waals surface area (Å²) in [6.07, 6.45) is 1.83. The zero-order valence-electron chi connectivity index (χ0n) is 11.1. The van der Waals surface area contributed by atoms with Gasteiger partial charge in [-0.2, -0.15) is 4.98 Å². The molecule has 0 unspecified atom stereocenters. The van der Waals surface area contributed by atoms with E-state index < -0.39 is 0 Å². The Morgan fingerprint density at radius 2 is 2.00 bits per heavy atom. The van der Waals surface area contributed by atoms with Gasteiger partial charge in [0.15, 0.2) is 0 Å². The highest BCUT2D eigenvalue weighted by atomic mass is 16.5. The van der Waals surface area contributed by atoms with Crippen molar-refractivity contribution in [2.24, 2.45) is 0 Å². The molecule has 0 radical (unpaired) electrons. The van der Waals surface area contributed by atoms with Crippen molar-refractivity contribution in [1.82, 2.24) is 4.98 Å². The fourth-order valence-corrected chi connectivity index (χ4v) is 1.16. The van der Waals surface area contributed by atoms with Gasteiger partial charge in [0, 0.05) is 6.07 Å². The Bertz CT molecular complexity index is 364. The maximum atomic E-state index is 5.78. The number of anilines is 1. The lowest BCUT2D eigenvalue weighted by Crippen LogP contribution is -2.27. The molecule has 0 bridgehead atoms. The highest BCUT2D eigenvalue weighted by molar-refractivity contribution is 5.49. The summed E-state index contributed by atoms with van der Waals surface area (Å²) in [5.41, 5.74) is 6.09. The zero-order chi connectivity index (χ0) is 12.9. The molecular weight excluding hydrogens is 216 g/mol. The molecule has 17 heavy (non-hydrogen) atoms. The van der Waals surface area contributed by atoms with Crippen LogP contribution in [0.2, 0.25) is 0 Å². The van der Waals surface area contributed by atoms with Crippen LogP contribution in [0.3, 0.4) is 0 Å². The average Bonchev–Trinajstić information content (AvgIpc) is 2.29. The number of nitrogens with two attached hydrogens (primary N) is 1. The van der Waals surface area contributed by atoms with E-state index in [1.54, 1.807) is 12.1 Å². The standard InChI is InChI=1S/C13H22N2O2/c1-5-9-16-12-10(14)7-8-11(15-12)17-13(3,4)6-2/h7-8H,5-6,9,14H2,1-4H3. The van der Waals surface area contributed by atoms with Crippen molar-refractivity contribution in [1.29, 1.82) is 0 Å². The Morgan fingerprint density at radius 1 is 1.29 bits per heavy atom. The molecule has 96 valence electrons. The Morgan fingerprint density at radius 3 is 2.59 bits per heavy atom. The van der Waals surface area contributed by atoms with Crippen LogP contribution in [0.4, 0.5) is 5.69 Å². The zero-order valence-corrected chi connectivity index (χ0v) is 11.1. The molecule has 1 aromatic heterocycles. The smallest absolute Gasteiger partial charge is 0.240 e. The molecule has 0 fully saturated rings. The van der Waals surface area contributed by atoms with Crippen LogP contribution in [0.5, 0.6) is 11.8 Å². The summed E-state index contributed by atoms with van der Waals surface area (Å²) >= 11 is 0. The van der Waals surface area contributed by atoms with Crippen LogP contribution >= 0.6 is 0 Å². The maximum Gasteiger partial charge on any atom is 0.240 e. The van der Waals surface area contributed by atoms with E-state index in [2.05, 4.69) is 11.9 Å². The number of nitrogens with zero attached hydrogens (tertiary/aromatic N) is 1. The Balaban J connectivity index is 2.81. The van der Waals surface area contributed by atoms with Crippen molar-refractivity contribution in [3.63, 3.8) is 0 Å². The van der Waals surface area contributed by atoms with Gasteiger partial charge in [0.05, 0.1) is 12.3 Å². The van der Waals surface area contributed by atoms with Crippen molar-refractivity contribution in [2.45, 2.75) is 46.1 Å². The molecule has 4 heteroatoms. The summed E-state index contributed by atoms with van der Waals surface area (Å²) in [5.74, 6) is 1.01.